The first-order valence-electron chi connectivity index (χ1n) is 22.6. The topological polar surface area (TPSA) is 34.0 Å². The molecule has 0 N–H and O–H groups in total. The number of nitrogens with zero attached hydrogens (tertiary/aromatic N) is 4. The summed E-state index contributed by atoms with van der Waals surface area (Å²) in [5.41, 5.74) is 16.1. The van der Waals surface area contributed by atoms with Gasteiger partial charge in [0.1, 0.15) is 5.00 Å². The van der Waals surface area contributed by atoms with Crippen molar-refractivity contribution in [3.63, 3.8) is 0 Å². The molecule has 0 amide bonds. The van der Waals surface area contributed by atoms with Gasteiger partial charge in [0.2, 0.25) is 0 Å². The Morgan fingerprint density at radius 1 is 0.485 bits per heavy atom. The van der Waals surface area contributed by atoms with Gasteiger partial charge in [-0.15, -0.1) is 11.3 Å². The van der Waals surface area contributed by atoms with Crippen molar-refractivity contribution in [2.24, 2.45) is 0 Å². The first-order chi connectivity index (χ1) is 32.4. The molecular weight excluding hydrogens is 821 g/mol. The Morgan fingerprint density at radius 3 is 1.82 bits per heavy atom. The van der Waals surface area contributed by atoms with E-state index in [0.29, 0.717) is 5.82 Å². The van der Waals surface area contributed by atoms with Crippen LogP contribution in [-0.4, -0.2) is 14.5 Å². The summed E-state index contributed by atoms with van der Waals surface area (Å²) < 4.78 is 2.43. The molecule has 0 saturated heterocycles. The summed E-state index contributed by atoms with van der Waals surface area (Å²) in [6.45, 7) is 6.75. The summed E-state index contributed by atoms with van der Waals surface area (Å²) in [6, 6.07) is 77.3. The third-order valence-corrected chi connectivity index (χ3v) is 14.5. The number of rotatable bonds is 8. The number of aromatic nitrogens is 3. The molecule has 0 radical (unpaired) electrons. The Hall–Kier alpha value is -7.86. The van der Waals surface area contributed by atoms with E-state index in [1.165, 1.54) is 54.8 Å². The number of fused-ring (bicyclic) bond motifs is 6. The molecule has 0 bridgehead atoms. The molecule has 12 rings (SSSR count). The van der Waals surface area contributed by atoms with Crippen LogP contribution < -0.4 is 4.90 Å². The van der Waals surface area contributed by atoms with Gasteiger partial charge in [0, 0.05) is 32.6 Å². The fourth-order valence-electron chi connectivity index (χ4n) is 10.3. The summed E-state index contributed by atoms with van der Waals surface area (Å²) >= 11 is 1.77. The Balaban J connectivity index is 0.962. The molecule has 66 heavy (non-hydrogen) atoms. The molecule has 0 unspecified atom stereocenters. The van der Waals surface area contributed by atoms with Crippen molar-refractivity contribution in [3.8, 4) is 38.6 Å². The average Bonchev–Trinajstić information content (AvgIpc) is 4.07. The van der Waals surface area contributed by atoms with Crippen LogP contribution in [0.2, 0.25) is 0 Å². The second-order valence-corrected chi connectivity index (χ2v) is 19.3. The van der Waals surface area contributed by atoms with Gasteiger partial charge in [0.05, 0.1) is 34.5 Å². The van der Waals surface area contributed by atoms with E-state index in [-0.39, 0.29) is 5.41 Å². The molecule has 0 fully saturated rings. The summed E-state index contributed by atoms with van der Waals surface area (Å²) in [5.74, 6) is 0.683. The van der Waals surface area contributed by atoms with Crippen LogP contribution in [0.5, 0.6) is 0 Å². The van der Waals surface area contributed by atoms with Gasteiger partial charge in [0.25, 0.3) is 0 Å². The van der Waals surface area contributed by atoms with E-state index in [0.717, 1.165) is 44.0 Å². The molecule has 3 aromatic heterocycles. The number of thiophene rings is 1. The van der Waals surface area contributed by atoms with E-state index in [9.17, 15) is 0 Å². The lowest BCUT2D eigenvalue weighted by molar-refractivity contribution is 0.590. The van der Waals surface area contributed by atoms with Crippen LogP contribution in [-0.2, 0) is 10.8 Å². The standard InChI is InChI=1S/C61H46N4S/c1-60(2,3)43-28-30-46(31-29-43)64(58-36-35-57(66-58)41-17-7-4-8-18-41)48-39-62-59(63-40-48)42-27-34-56-52(37-42)51-24-14-16-26-55(51)65(56)47-32-33-50-49-23-13-15-25-53(49)61(54(50)38-47,44-19-9-5-10-20-44)45-21-11-6-12-22-45/h4-40H,1-3H3. The fourth-order valence-corrected chi connectivity index (χ4v) is 11.3. The first-order valence-corrected chi connectivity index (χ1v) is 23.5. The summed E-state index contributed by atoms with van der Waals surface area (Å²) in [7, 11) is 0. The minimum Gasteiger partial charge on any atom is -0.309 e. The van der Waals surface area contributed by atoms with Gasteiger partial charge in [-0.3, -0.25) is 4.90 Å². The predicted octanol–water partition coefficient (Wildman–Crippen LogP) is 16.1. The monoisotopic (exact) mass is 866 g/mol. The Bertz CT molecular complexity index is 3510. The Morgan fingerprint density at radius 2 is 1.11 bits per heavy atom. The lowest BCUT2D eigenvalue weighted by atomic mass is 9.67. The zero-order chi connectivity index (χ0) is 44.4. The van der Waals surface area contributed by atoms with Crippen molar-refractivity contribution in [2.45, 2.75) is 31.6 Å². The SMILES string of the molecule is CC(C)(C)c1ccc(N(c2cnc(-c3ccc4c(c3)c3ccccc3n4-c3ccc4c(c3)C(c3ccccc3)(c3ccccc3)c3ccccc3-4)nc2)c2ccc(-c3ccccc3)s2)cc1. The van der Waals surface area contributed by atoms with Gasteiger partial charge in [-0.2, -0.15) is 0 Å². The van der Waals surface area contributed by atoms with E-state index in [1.54, 1.807) is 11.3 Å². The Labute approximate surface area is 389 Å². The molecule has 4 nitrogen and oxygen atoms in total. The quantitative estimate of drug-likeness (QED) is 0.153. The van der Waals surface area contributed by atoms with Crippen molar-refractivity contribution in [1.29, 1.82) is 0 Å². The van der Waals surface area contributed by atoms with Crippen LogP contribution in [0.3, 0.4) is 0 Å². The number of hydrogen-bond acceptors (Lipinski definition) is 4. The highest BCUT2D eigenvalue weighted by Crippen LogP contribution is 2.56. The van der Waals surface area contributed by atoms with Gasteiger partial charge in [-0.1, -0.05) is 172 Å². The van der Waals surface area contributed by atoms with E-state index in [2.05, 4.69) is 243 Å². The zero-order valence-corrected chi connectivity index (χ0v) is 37.9. The maximum atomic E-state index is 5.07. The molecule has 1 aliphatic rings. The summed E-state index contributed by atoms with van der Waals surface area (Å²) in [5, 5.41) is 3.44. The van der Waals surface area contributed by atoms with Crippen LogP contribution in [0.25, 0.3) is 60.4 Å². The highest BCUT2D eigenvalue weighted by molar-refractivity contribution is 7.19. The number of para-hydroxylation sites is 1. The van der Waals surface area contributed by atoms with E-state index >= 15 is 0 Å². The number of hydrogen-bond donors (Lipinski definition) is 0. The smallest absolute Gasteiger partial charge is 0.159 e. The van der Waals surface area contributed by atoms with E-state index < -0.39 is 5.41 Å². The van der Waals surface area contributed by atoms with E-state index in [1.807, 2.05) is 12.4 Å². The van der Waals surface area contributed by atoms with Gasteiger partial charge in [0.15, 0.2) is 5.82 Å². The molecule has 0 atom stereocenters. The highest BCUT2D eigenvalue weighted by Gasteiger charge is 2.46. The normalized spacial score (nSPS) is 12.9. The molecule has 11 aromatic rings. The van der Waals surface area contributed by atoms with Crippen LogP contribution in [0.1, 0.15) is 48.6 Å². The van der Waals surface area contributed by atoms with Crippen LogP contribution in [0.15, 0.2) is 225 Å². The van der Waals surface area contributed by atoms with Gasteiger partial charge in [-0.05, 0) is 111 Å². The van der Waals surface area contributed by atoms with Crippen molar-refractivity contribution >= 4 is 49.5 Å². The molecule has 8 aromatic carbocycles. The minimum atomic E-state index is -0.487. The maximum Gasteiger partial charge on any atom is 0.159 e. The zero-order valence-electron chi connectivity index (χ0n) is 37.1. The lowest BCUT2D eigenvalue weighted by Crippen LogP contribution is -2.28. The predicted molar refractivity (Wildman–Crippen MR) is 276 cm³/mol. The van der Waals surface area contributed by atoms with Crippen LogP contribution >= 0.6 is 11.3 Å². The van der Waals surface area contributed by atoms with Crippen molar-refractivity contribution in [2.75, 3.05) is 4.90 Å². The molecule has 3 heterocycles. The molecule has 1 aliphatic carbocycles. The van der Waals surface area contributed by atoms with E-state index in [4.69, 9.17) is 9.97 Å². The second kappa shape index (κ2) is 15.7. The van der Waals surface area contributed by atoms with Gasteiger partial charge < -0.3 is 4.57 Å². The lowest BCUT2D eigenvalue weighted by Gasteiger charge is -2.34. The van der Waals surface area contributed by atoms with Crippen LogP contribution in [0.4, 0.5) is 16.4 Å². The van der Waals surface area contributed by atoms with Crippen molar-refractivity contribution < 1.29 is 0 Å². The molecule has 0 aliphatic heterocycles. The number of anilines is 3. The average molecular weight is 867 g/mol. The second-order valence-electron chi connectivity index (χ2n) is 18.2. The van der Waals surface area contributed by atoms with Crippen molar-refractivity contribution in [1.82, 2.24) is 14.5 Å². The number of benzene rings is 8. The molecular formula is C61H46N4S. The molecule has 0 saturated carbocycles. The first kappa shape index (κ1) is 39.7. The largest absolute Gasteiger partial charge is 0.309 e. The van der Waals surface area contributed by atoms with Gasteiger partial charge in [-0.25, -0.2) is 9.97 Å². The fraction of sp³-hybridized carbons (Fsp3) is 0.0820. The molecule has 316 valence electrons. The van der Waals surface area contributed by atoms with Gasteiger partial charge >= 0.3 is 0 Å². The van der Waals surface area contributed by atoms with Crippen LogP contribution in [0, 0.1) is 0 Å². The minimum absolute atomic E-state index is 0.0509. The highest BCUT2D eigenvalue weighted by atomic mass is 32.1. The van der Waals surface area contributed by atoms with Crippen molar-refractivity contribution in [3.05, 3.63) is 253 Å². The molecule has 5 heteroatoms. The summed E-state index contributed by atoms with van der Waals surface area (Å²) in [6.07, 6.45) is 3.92. The maximum absolute atomic E-state index is 5.07. The third-order valence-electron chi connectivity index (χ3n) is 13.4. The third kappa shape index (κ3) is 6.41. The molecule has 0 spiro atoms. The summed E-state index contributed by atoms with van der Waals surface area (Å²) in [4.78, 5) is 13.6. The Kier molecular flexibility index (Phi) is 9.44.